The summed E-state index contributed by atoms with van der Waals surface area (Å²) in [6.45, 7) is 8.44. The molecule has 0 amide bonds. The molecule has 0 radical (unpaired) electrons. The van der Waals surface area contributed by atoms with Crippen LogP contribution in [-0.4, -0.2) is 19.1 Å². The van der Waals surface area contributed by atoms with Crippen molar-refractivity contribution in [3.05, 3.63) is 0 Å². The van der Waals surface area contributed by atoms with Gasteiger partial charge in [0.15, 0.2) is 0 Å². The normalized spacial score (nSPS) is 17.3. The molecule has 2 unspecified atom stereocenters. The van der Waals surface area contributed by atoms with Crippen molar-refractivity contribution in [3.8, 4) is 0 Å². The molecule has 0 saturated carbocycles. The van der Waals surface area contributed by atoms with Crippen LogP contribution in [0.3, 0.4) is 0 Å². The van der Waals surface area contributed by atoms with Crippen LogP contribution in [0.25, 0.3) is 0 Å². The van der Waals surface area contributed by atoms with Crippen LogP contribution in [0, 0.1) is 11.3 Å². The highest BCUT2D eigenvalue weighted by molar-refractivity contribution is 5.70. The van der Waals surface area contributed by atoms with E-state index in [4.69, 9.17) is 10.5 Å². The van der Waals surface area contributed by atoms with E-state index in [0.29, 0.717) is 12.3 Å². The minimum Gasteiger partial charge on any atom is -0.469 e. The zero-order valence-corrected chi connectivity index (χ0v) is 10.7. The van der Waals surface area contributed by atoms with Crippen LogP contribution in [0.15, 0.2) is 0 Å². The lowest BCUT2D eigenvalue weighted by Crippen LogP contribution is -2.41. The fraction of sp³-hybridized carbons (Fsp3) is 0.917. The first kappa shape index (κ1) is 14.4. The highest BCUT2D eigenvalue weighted by Crippen LogP contribution is 2.34. The zero-order valence-electron chi connectivity index (χ0n) is 10.7. The molecule has 0 bridgehead atoms. The summed E-state index contributed by atoms with van der Waals surface area (Å²) in [5, 5.41) is 0. The van der Waals surface area contributed by atoms with Crippen molar-refractivity contribution < 1.29 is 9.53 Å². The number of hydrogen-bond donors (Lipinski definition) is 1. The molecule has 0 saturated heterocycles. The molecule has 0 aromatic heterocycles. The Hall–Kier alpha value is -0.570. The van der Waals surface area contributed by atoms with E-state index in [0.717, 1.165) is 12.8 Å². The maximum Gasteiger partial charge on any atom is 0.306 e. The summed E-state index contributed by atoms with van der Waals surface area (Å²) in [4.78, 5) is 11.4. The molecule has 0 aliphatic carbocycles. The Morgan fingerprint density at radius 3 is 2.33 bits per heavy atom. The summed E-state index contributed by atoms with van der Waals surface area (Å²) in [5.41, 5.74) is 5.95. The Labute approximate surface area is 93.4 Å². The van der Waals surface area contributed by atoms with Gasteiger partial charge in [0.1, 0.15) is 0 Å². The van der Waals surface area contributed by atoms with Crippen LogP contribution in [0.1, 0.15) is 47.0 Å². The molecule has 15 heavy (non-hydrogen) atoms. The third-order valence-corrected chi connectivity index (χ3v) is 2.99. The largest absolute Gasteiger partial charge is 0.469 e. The predicted molar refractivity (Wildman–Crippen MR) is 62.5 cm³/mol. The van der Waals surface area contributed by atoms with Gasteiger partial charge in [0, 0.05) is 6.04 Å². The highest BCUT2D eigenvalue weighted by Gasteiger charge is 2.34. The number of esters is 1. The van der Waals surface area contributed by atoms with Gasteiger partial charge in [-0.1, -0.05) is 27.7 Å². The molecule has 0 aliphatic heterocycles. The average molecular weight is 215 g/mol. The van der Waals surface area contributed by atoms with Crippen LogP contribution in [0.5, 0.6) is 0 Å². The number of carbonyl (C=O) groups excluding carboxylic acids is 1. The number of hydrogen-bond acceptors (Lipinski definition) is 3. The zero-order chi connectivity index (χ0) is 12.1. The fourth-order valence-electron chi connectivity index (χ4n) is 2.18. The Morgan fingerprint density at radius 1 is 1.47 bits per heavy atom. The van der Waals surface area contributed by atoms with Gasteiger partial charge in [-0.15, -0.1) is 0 Å². The van der Waals surface area contributed by atoms with Gasteiger partial charge in [0.2, 0.25) is 0 Å². The molecule has 90 valence electrons. The van der Waals surface area contributed by atoms with Crippen molar-refractivity contribution >= 4 is 5.97 Å². The van der Waals surface area contributed by atoms with Gasteiger partial charge in [-0.25, -0.2) is 0 Å². The van der Waals surface area contributed by atoms with E-state index >= 15 is 0 Å². The molecule has 0 heterocycles. The second-order valence-electron chi connectivity index (χ2n) is 5.02. The number of methoxy groups -OCH3 is 1. The monoisotopic (exact) mass is 215 g/mol. The second kappa shape index (κ2) is 6.11. The molecule has 3 heteroatoms. The topological polar surface area (TPSA) is 52.3 Å². The first-order valence-corrected chi connectivity index (χ1v) is 5.68. The molecule has 2 atom stereocenters. The molecule has 0 aromatic rings. The molecule has 0 rings (SSSR count). The number of ether oxygens (including phenoxy) is 1. The van der Waals surface area contributed by atoms with E-state index in [1.165, 1.54) is 7.11 Å². The Balaban J connectivity index is 4.61. The molecule has 2 N–H and O–H groups in total. The van der Waals surface area contributed by atoms with Gasteiger partial charge in [-0.2, -0.15) is 0 Å². The van der Waals surface area contributed by atoms with E-state index in [1.807, 2.05) is 0 Å². The van der Waals surface area contributed by atoms with Gasteiger partial charge in [0.25, 0.3) is 0 Å². The van der Waals surface area contributed by atoms with E-state index in [-0.39, 0.29) is 17.4 Å². The Kier molecular flexibility index (Phi) is 5.88. The summed E-state index contributed by atoms with van der Waals surface area (Å²) in [5.74, 6) is 0.374. The maximum absolute atomic E-state index is 11.4. The minimum atomic E-state index is -0.165. The van der Waals surface area contributed by atoms with Gasteiger partial charge in [-0.05, 0) is 24.2 Å². The SMILES string of the molecule is CCC(N)C(C)(CC(=O)OC)CC(C)C. The van der Waals surface area contributed by atoms with Crippen LogP contribution in [-0.2, 0) is 9.53 Å². The lowest BCUT2D eigenvalue weighted by Gasteiger charge is -2.35. The molecule has 0 spiro atoms. The van der Waals surface area contributed by atoms with Gasteiger partial charge < -0.3 is 10.5 Å². The predicted octanol–water partition coefficient (Wildman–Crippen LogP) is 2.34. The lowest BCUT2D eigenvalue weighted by atomic mass is 9.72. The van der Waals surface area contributed by atoms with Crippen LogP contribution < -0.4 is 5.73 Å². The maximum atomic E-state index is 11.4. The standard InChI is InChI=1S/C12H25NO2/c1-6-10(13)12(4,7-9(2)3)8-11(14)15-5/h9-10H,6-8,13H2,1-5H3. The second-order valence-corrected chi connectivity index (χ2v) is 5.02. The van der Waals surface area contributed by atoms with Gasteiger partial charge in [-0.3, -0.25) is 4.79 Å². The van der Waals surface area contributed by atoms with Crippen LogP contribution in [0.2, 0.25) is 0 Å². The lowest BCUT2D eigenvalue weighted by molar-refractivity contribution is -0.143. The number of nitrogens with two attached hydrogens (primary N) is 1. The van der Waals surface area contributed by atoms with Crippen molar-refractivity contribution in [1.82, 2.24) is 0 Å². The van der Waals surface area contributed by atoms with E-state index in [1.54, 1.807) is 0 Å². The summed E-state index contributed by atoms with van der Waals surface area (Å²) < 4.78 is 4.73. The van der Waals surface area contributed by atoms with Crippen molar-refractivity contribution in [3.63, 3.8) is 0 Å². The molecule has 0 fully saturated rings. The minimum absolute atomic E-state index is 0.0546. The number of carbonyl (C=O) groups is 1. The molecule has 0 aromatic carbocycles. The summed E-state index contributed by atoms with van der Waals surface area (Å²) in [6.07, 6.45) is 2.26. The molecule has 3 nitrogen and oxygen atoms in total. The smallest absolute Gasteiger partial charge is 0.306 e. The molecule has 0 aliphatic rings. The summed E-state index contributed by atoms with van der Waals surface area (Å²) in [6, 6.07) is 0.0546. The van der Waals surface area contributed by atoms with Gasteiger partial charge >= 0.3 is 5.97 Å². The Bertz CT molecular complexity index is 204. The van der Waals surface area contributed by atoms with E-state index in [2.05, 4.69) is 27.7 Å². The quantitative estimate of drug-likeness (QED) is 0.692. The van der Waals surface area contributed by atoms with Crippen molar-refractivity contribution in [1.29, 1.82) is 0 Å². The Morgan fingerprint density at radius 2 is 2.00 bits per heavy atom. The molecular weight excluding hydrogens is 190 g/mol. The van der Waals surface area contributed by atoms with Crippen LogP contribution in [0.4, 0.5) is 0 Å². The first-order valence-electron chi connectivity index (χ1n) is 5.68. The first-order chi connectivity index (χ1) is 6.85. The van der Waals surface area contributed by atoms with Crippen molar-refractivity contribution in [2.24, 2.45) is 17.1 Å². The third-order valence-electron chi connectivity index (χ3n) is 2.99. The van der Waals surface area contributed by atoms with Crippen LogP contribution >= 0.6 is 0 Å². The summed E-state index contributed by atoms with van der Waals surface area (Å²) >= 11 is 0. The fourth-order valence-corrected chi connectivity index (χ4v) is 2.18. The summed E-state index contributed by atoms with van der Waals surface area (Å²) in [7, 11) is 1.43. The van der Waals surface area contributed by atoms with E-state index in [9.17, 15) is 4.79 Å². The average Bonchev–Trinajstić information content (AvgIpc) is 2.14. The van der Waals surface area contributed by atoms with E-state index < -0.39 is 0 Å². The third kappa shape index (κ3) is 4.65. The highest BCUT2D eigenvalue weighted by atomic mass is 16.5. The van der Waals surface area contributed by atoms with Crippen molar-refractivity contribution in [2.75, 3.05) is 7.11 Å². The number of rotatable bonds is 6. The van der Waals surface area contributed by atoms with Gasteiger partial charge in [0.05, 0.1) is 13.5 Å². The van der Waals surface area contributed by atoms with Crippen molar-refractivity contribution in [2.45, 2.75) is 53.0 Å². The molecular formula is C12H25NO2.